The zero-order valence-electron chi connectivity index (χ0n) is 6.34. The summed E-state index contributed by atoms with van der Waals surface area (Å²) in [6.07, 6.45) is 2.63. The van der Waals surface area contributed by atoms with E-state index in [9.17, 15) is 0 Å². The fraction of sp³-hybridized carbons (Fsp3) is 0.875. The number of aliphatic imine (C=N–C) groups is 1. The topological polar surface area (TPSA) is 21.6 Å². The fourth-order valence-electron chi connectivity index (χ4n) is 1.63. The van der Waals surface area contributed by atoms with E-state index >= 15 is 0 Å². The summed E-state index contributed by atoms with van der Waals surface area (Å²) in [4.78, 5) is 4.34. The van der Waals surface area contributed by atoms with Gasteiger partial charge in [0.1, 0.15) is 0 Å². The first kappa shape index (κ1) is 6.20. The van der Waals surface area contributed by atoms with Crippen LogP contribution in [0, 0.1) is 11.8 Å². The molecule has 2 atom stereocenters. The highest BCUT2D eigenvalue weighted by atomic mass is 16.5. The Kier molecular flexibility index (Phi) is 1.40. The number of fused-ring (bicyclic) bond motifs is 1. The van der Waals surface area contributed by atoms with E-state index in [1.54, 1.807) is 0 Å². The Labute approximate surface area is 61.3 Å². The molecule has 0 aromatic carbocycles. The van der Waals surface area contributed by atoms with Gasteiger partial charge in [0.2, 0.25) is 0 Å². The van der Waals surface area contributed by atoms with Crippen LogP contribution in [0.1, 0.15) is 19.8 Å². The SMILES string of the molecule is CCOC1=NCCC2CC12. The second-order valence-electron chi connectivity index (χ2n) is 3.04. The van der Waals surface area contributed by atoms with E-state index in [1.807, 2.05) is 6.92 Å². The van der Waals surface area contributed by atoms with Crippen molar-refractivity contribution in [2.75, 3.05) is 13.2 Å². The molecule has 0 N–H and O–H groups in total. The van der Waals surface area contributed by atoms with Gasteiger partial charge >= 0.3 is 0 Å². The minimum absolute atomic E-state index is 0.716. The Morgan fingerprint density at radius 2 is 2.60 bits per heavy atom. The van der Waals surface area contributed by atoms with Gasteiger partial charge in [0, 0.05) is 12.5 Å². The highest BCUT2D eigenvalue weighted by Gasteiger charge is 2.43. The van der Waals surface area contributed by atoms with Gasteiger partial charge in [-0.2, -0.15) is 0 Å². The molecule has 56 valence electrons. The summed E-state index contributed by atoms with van der Waals surface area (Å²) in [7, 11) is 0. The molecule has 2 heteroatoms. The summed E-state index contributed by atoms with van der Waals surface area (Å²) in [5.41, 5.74) is 0. The molecule has 10 heavy (non-hydrogen) atoms. The summed E-state index contributed by atoms with van der Waals surface area (Å²) in [6.45, 7) is 3.80. The molecule has 1 fully saturated rings. The van der Waals surface area contributed by atoms with E-state index in [-0.39, 0.29) is 0 Å². The van der Waals surface area contributed by atoms with Crippen LogP contribution >= 0.6 is 0 Å². The molecule has 2 aliphatic rings. The van der Waals surface area contributed by atoms with Crippen molar-refractivity contribution in [3.8, 4) is 0 Å². The predicted molar refractivity (Wildman–Crippen MR) is 40.1 cm³/mol. The molecule has 0 aromatic heterocycles. The summed E-state index contributed by atoms with van der Waals surface area (Å²) >= 11 is 0. The largest absolute Gasteiger partial charge is 0.481 e. The highest BCUT2D eigenvalue weighted by molar-refractivity contribution is 5.82. The van der Waals surface area contributed by atoms with Crippen molar-refractivity contribution in [2.24, 2.45) is 16.8 Å². The maximum absolute atomic E-state index is 5.39. The van der Waals surface area contributed by atoms with Gasteiger partial charge in [-0.3, -0.25) is 4.99 Å². The van der Waals surface area contributed by atoms with Gasteiger partial charge in [-0.15, -0.1) is 0 Å². The van der Waals surface area contributed by atoms with Crippen molar-refractivity contribution in [1.82, 2.24) is 0 Å². The third kappa shape index (κ3) is 0.917. The van der Waals surface area contributed by atoms with Crippen molar-refractivity contribution in [2.45, 2.75) is 19.8 Å². The van der Waals surface area contributed by atoms with Crippen molar-refractivity contribution < 1.29 is 4.74 Å². The fourth-order valence-corrected chi connectivity index (χ4v) is 1.63. The number of hydrogen-bond acceptors (Lipinski definition) is 2. The maximum atomic E-state index is 5.39. The van der Waals surface area contributed by atoms with E-state index in [0.717, 1.165) is 25.0 Å². The number of ether oxygens (including phenoxy) is 1. The first-order valence-electron chi connectivity index (χ1n) is 4.09. The van der Waals surface area contributed by atoms with Crippen molar-refractivity contribution in [1.29, 1.82) is 0 Å². The molecule has 0 bridgehead atoms. The van der Waals surface area contributed by atoms with Crippen LogP contribution < -0.4 is 0 Å². The molecule has 2 rings (SSSR count). The van der Waals surface area contributed by atoms with Gasteiger partial charge in [-0.05, 0) is 25.7 Å². The first-order chi connectivity index (χ1) is 4.92. The molecular weight excluding hydrogens is 126 g/mol. The number of nitrogens with zero attached hydrogens (tertiary/aromatic N) is 1. The molecular formula is C8H13NO. The Hall–Kier alpha value is -0.530. The molecule has 2 nitrogen and oxygen atoms in total. The summed E-state index contributed by atoms with van der Waals surface area (Å²) in [6, 6.07) is 0. The van der Waals surface area contributed by atoms with Gasteiger partial charge < -0.3 is 4.74 Å². The maximum Gasteiger partial charge on any atom is 0.186 e. The molecule has 1 heterocycles. The normalized spacial score (nSPS) is 36.3. The van der Waals surface area contributed by atoms with Crippen LogP contribution in [0.25, 0.3) is 0 Å². The minimum Gasteiger partial charge on any atom is -0.481 e. The monoisotopic (exact) mass is 139 g/mol. The lowest BCUT2D eigenvalue weighted by molar-refractivity contribution is 0.306. The molecule has 1 aliphatic heterocycles. The molecule has 0 spiro atoms. The Morgan fingerprint density at radius 3 is 3.40 bits per heavy atom. The lowest BCUT2D eigenvalue weighted by Crippen LogP contribution is -2.13. The molecule has 1 saturated carbocycles. The van der Waals surface area contributed by atoms with Gasteiger partial charge in [-0.1, -0.05) is 0 Å². The van der Waals surface area contributed by atoms with E-state index in [1.165, 1.54) is 12.8 Å². The zero-order valence-corrected chi connectivity index (χ0v) is 6.34. The van der Waals surface area contributed by atoms with Gasteiger partial charge in [0.25, 0.3) is 0 Å². The molecule has 2 unspecified atom stereocenters. The molecule has 1 aliphatic carbocycles. The average molecular weight is 139 g/mol. The minimum atomic E-state index is 0.716. The van der Waals surface area contributed by atoms with E-state index in [2.05, 4.69) is 4.99 Å². The Balaban J connectivity index is 1.98. The lowest BCUT2D eigenvalue weighted by atomic mass is 10.2. The number of rotatable bonds is 1. The van der Waals surface area contributed by atoms with Crippen LogP contribution in [0.2, 0.25) is 0 Å². The smallest absolute Gasteiger partial charge is 0.186 e. The second kappa shape index (κ2) is 2.26. The quantitative estimate of drug-likeness (QED) is 0.539. The third-order valence-corrected chi connectivity index (χ3v) is 2.30. The lowest BCUT2D eigenvalue weighted by Gasteiger charge is -2.10. The van der Waals surface area contributed by atoms with Crippen molar-refractivity contribution in [3.05, 3.63) is 0 Å². The van der Waals surface area contributed by atoms with Crippen LogP contribution in [0.5, 0.6) is 0 Å². The van der Waals surface area contributed by atoms with Crippen molar-refractivity contribution >= 4 is 5.90 Å². The van der Waals surface area contributed by atoms with Crippen molar-refractivity contribution in [3.63, 3.8) is 0 Å². The van der Waals surface area contributed by atoms with Gasteiger partial charge in [0.15, 0.2) is 5.90 Å². The van der Waals surface area contributed by atoms with Gasteiger partial charge in [0.05, 0.1) is 6.61 Å². The number of hydrogen-bond donors (Lipinski definition) is 0. The summed E-state index contributed by atoms with van der Waals surface area (Å²) in [5, 5.41) is 0. The predicted octanol–water partition coefficient (Wildman–Crippen LogP) is 1.46. The van der Waals surface area contributed by atoms with Crippen LogP contribution in [0.3, 0.4) is 0 Å². The Bertz CT molecular complexity index is 165. The summed E-state index contributed by atoms with van der Waals surface area (Å²) < 4.78 is 5.39. The first-order valence-corrected chi connectivity index (χ1v) is 4.09. The zero-order chi connectivity index (χ0) is 6.97. The van der Waals surface area contributed by atoms with E-state index < -0.39 is 0 Å². The molecule has 0 aromatic rings. The van der Waals surface area contributed by atoms with E-state index in [4.69, 9.17) is 4.74 Å². The van der Waals surface area contributed by atoms with Crippen LogP contribution in [0.4, 0.5) is 0 Å². The van der Waals surface area contributed by atoms with Gasteiger partial charge in [-0.25, -0.2) is 0 Å². The van der Waals surface area contributed by atoms with Crippen LogP contribution in [0.15, 0.2) is 4.99 Å². The second-order valence-corrected chi connectivity index (χ2v) is 3.04. The molecule has 0 amide bonds. The summed E-state index contributed by atoms with van der Waals surface area (Å²) in [5.74, 6) is 2.69. The standard InChI is InChI=1S/C8H13NO/c1-2-10-8-7-5-6(7)3-4-9-8/h6-7H,2-5H2,1H3. The Morgan fingerprint density at radius 1 is 1.70 bits per heavy atom. The average Bonchev–Trinajstić information content (AvgIpc) is 2.67. The highest BCUT2D eigenvalue weighted by Crippen LogP contribution is 2.44. The van der Waals surface area contributed by atoms with Crippen LogP contribution in [-0.4, -0.2) is 19.0 Å². The third-order valence-electron chi connectivity index (χ3n) is 2.30. The molecule has 0 saturated heterocycles. The van der Waals surface area contributed by atoms with E-state index in [0.29, 0.717) is 5.92 Å². The van der Waals surface area contributed by atoms with Crippen LogP contribution in [-0.2, 0) is 4.74 Å². The molecule has 0 radical (unpaired) electrons.